The fourth-order valence-corrected chi connectivity index (χ4v) is 3.25. The molecule has 0 saturated carbocycles. The van der Waals surface area contributed by atoms with Crippen molar-refractivity contribution in [2.24, 2.45) is 17.1 Å². The van der Waals surface area contributed by atoms with E-state index < -0.39 is 0 Å². The fourth-order valence-electron chi connectivity index (χ4n) is 2.12. The summed E-state index contributed by atoms with van der Waals surface area (Å²) in [5, 5.41) is 2.44. The smallest absolute Gasteiger partial charge is 0.174 e. The molecule has 1 heterocycles. The van der Waals surface area contributed by atoms with Crippen LogP contribution in [0.2, 0.25) is 5.02 Å². The second kappa shape index (κ2) is 6.69. The highest BCUT2D eigenvalue weighted by molar-refractivity contribution is 7.12. The Kier molecular flexibility index (Phi) is 5.83. The van der Waals surface area contributed by atoms with Crippen LogP contribution in [0.1, 0.15) is 49.7 Å². The second-order valence-electron chi connectivity index (χ2n) is 5.70. The van der Waals surface area contributed by atoms with Gasteiger partial charge in [-0.1, -0.05) is 32.4 Å². The van der Waals surface area contributed by atoms with Crippen LogP contribution >= 0.6 is 22.9 Å². The van der Waals surface area contributed by atoms with E-state index >= 15 is 0 Å². The highest BCUT2D eigenvalue weighted by Gasteiger charge is 2.25. The lowest BCUT2D eigenvalue weighted by molar-refractivity contribution is 0.0962. The number of Topliss-reactive ketones (excluding diaryl/α,β-unsaturated/α-hetero) is 1. The minimum atomic E-state index is 0.154. The zero-order valence-electron chi connectivity index (χ0n) is 11.3. The second-order valence-corrected chi connectivity index (χ2v) is 7.02. The van der Waals surface area contributed by atoms with Gasteiger partial charge in [-0.2, -0.15) is 0 Å². The molecule has 0 aliphatic heterocycles. The molecule has 1 aromatic heterocycles. The van der Waals surface area contributed by atoms with Crippen LogP contribution in [0.5, 0.6) is 0 Å². The third kappa shape index (κ3) is 4.38. The summed E-state index contributed by atoms with van der Waals surface area (Å²) in [5.74, 6) is 0.631. The highest BCUT2D eigenvalue weighted by Crippen LogP contribution is 2.33. The van der Waals surface area contributed by atoms with Gasteiger partial charge in [0.25, 0.3) is 0 Å². The molecular weight excluding hydrogens is 266 g/mol. The van der Waals surface area contributed by atoms with Gasteiger partial charge >= 0.3 is 0 Å². The zero-order valence-corrected chi connectivity index (χ0v) is 12.9. The third-order valence-corrected chi connectivity index (χ3v) is 4.71. The number of halogens is 1. The van der Waals surface area contributed by atoms with Gasteiger partial charge in [-0.3, -0.25) is 4.79 Å². The highest BCUT2D eigenvalue weighted by atomic mass is 35.5. The summed E-state index contributed by atoms with van der Waals surface area (Å²) in [4.78, 5) is 12.7. The molecule has 0 saturated heterocycles. The molecule has 18 heavy (non-hydrogen) atoms. The molecule has 1 atom stereocenters. The van der Waals surface area contributed by atoms with Crippen molar-refractivity contribution in [3.05, 3.63) is 21.3 Å². The van der Waals surface area contributed by atoms with E-state index in [1.54, 1.807) is 6.07 Å². The quantitative estimate of drug-likeness (QED) is 0.789. The average molecular weight is 288 g/mol. The van der Waals surface area contributed by atoms with E-state index in [4.69, 9.17) is 17.3 Å². The summed E-state index contributed by atoms with van der Waals surface area (Å²) in [7, 11) is 0. The molecular formula is C14H22ClNOS. The molecule has 1 aromatic rings. The number of rotatable bonds is 6. The Labute approximate surface area is 119 Å². The summed E-state index contributed by atoms with van der Waals surface area (Å²) < 4.78 is 0. The number of nitrogens with two attached hydrogens (primary N) is 1. The van der Waals surface area contributed by atoms with Crippen LogP contribution < -0.4 is 5.73 Å². The van der Waals surface area contributed by atoms with Crippen LogP contribution in [0.25, 0.3) is 0 Å². The average Bonchev–Trinajstić information content (AvgIpc) is 2.68. The predicted molar refractivity (Wildman–Crippen MR) is 79.5 cm³/mol. The first-order chi connectivity index (χ1) is 8.36. The van der Waals surface area contributed by atoms with E-state index in [1.165, 1.54) is 11.3 Å². The molecule has 0 radical (unpaired) electrons. The van der Waals surface area contributed by atoms with Gasteiger partial charge in [0.2, 0.25) is 0 Å². The first-order valence-electron chi connectivity index (χ1n) is 6.32. The molecule has 0 amide bonds. The van der Waals surface area contributed by atoms with Crippen LogP contribution in [-0.4, -0.2) is 12.3 Å². The number of carbonyl (C=O) groups is 1. The van der Waals surface area contributed by atoms with Crippen molar-refractivity contribution in [3.63, 3.8) is 0 Å². The van der Waals surface area contributed by atoms with E-state index in [9.17, 15) is 4.79 Å². The monoisotopic (exact) mass is 287 g/mol. The van der Waals surface area contributed by atoms with Gasteiger partial charge in [0.05, 0.1) is 9.90 Å². The Morgan fingerprint density at radius 2 is 2.11 bits per heavy atom. The summed E-state index contributed by atoms with van der Waals surface area (Å²) in [5.41, 5.74) is 5.84. The lowest BCUT2D eigenvalue weighted by atomic mass is 9.76. The Bertz CT molecular complexity index is 395. The molecule has 1 unspecified atom stereocenters. The van der Waals surface area contributed by atoms with Crippen LogP contribution in [0.3, 0.4) is 0 Å². The van der Waals surface area contributed by atoms with Crippen LogP contribution in [-0.2, 0) is 0 Å². The van der Waals surface area contributed by atoms with Crippen LogP contribution in [0.15, 0.2) is 11.4 Å². The maximum absolute atomic E-state index is 12.1. The van der Waals surface area contributed by atoms with Gasteiger partial charge in [0.1, 0.15) is 0 Å². The molecule has 0 aromatic carbocycles. The van der Waals surface area contributed by atoms with Crippen molar-refractivity contribution >= 4 is 28.7 Å². The molecule has 0 aliphatic carbocycles. The largest absolute Gasteiger partial charge is 0.330 e. The molecule has 1 rings (SSSR count). The lowest BCUT2D eigenvalue weighted by Gasteiger charge is -2.30. The maximum Gasteiger partial charge on any atom is 0.174 e. The van der Waals surface area contributed by atoms with Crippen molar-refractivity contribution < 1.29 is 4.79 Å². The first kappa shape index (κ1) is 15.7. The normalized spacial score (nSPS) is 13.6. The van der Waals surface area contributed by atoms with E-state index in [0.717, 1.165) is 12.8 Å². The first-order valence-corrected chi connectivity index (χ1v) is 7.58. The number of carbonyl (C=O) groups excluding carboxylic acids is 1. The summed E-state index contributed by atoms with van der Waals surface area (Å²) in [6, 6.07) is 1.78. The van der Waals surface area contributed by atoms with Crippen molar-refractivity contribution in [2.45, 2.75) is 40.0 Å². The van der Waals surface area contributed by atoms with Crippen molar-refractivity contribution in [1.82, 2.24) is 0 Å². The van der Waals surface area contributed by atoms with E-state index in [0.29, 0.717) is 28.8 Å². The van der Waals surface area contributed by atoms with Crippen LogP contribution in [0.4, 0.5) is 0 Å². The van der Waals surface area contributed by atoms with E-state index in [2.05, 4.69) is 20.8 Å². The predicted octanol–water partition coefficient (Wildman–Crippen LogP) is 4.38. The Morgan fingerprint density at radius 3 is 2.56 bits per heavy atom. The van der Waals surface area contributed by atoms with Crippen molar-refractivity contribution in [3.8, 4) is 0 Å². The molecule has 0 fully saturated rings. The molecule has 2 N–H and O–H groups in total. The van der Waals surface area contributed by atoms with E-state index in [-0.39, 0.29) is 11.2 Å². The van der Waals surface area contributed by atoms with Gasteiger partial charge < -0.3 is 5.73 Å². The maximum atomic E-state index is 12.1. The van der Waals surface area contributed by atoms with Crippen LogP contribution in [0, 0.1) is 11.3 Å². The van der Waals surface area contributed by atoms with Crippen molar-refractivity contribution in [1.29, 1.82) is 0 Å². The van der Waals surface area contributed by atoms with Gasteiger partial charge in [-0.05, 0) is 42.2 Å². The van der Waals surface area contributed by atoms with E-state index in [1.807, 2.05) is 5.38 Å². The third-order valence-electron chi connectivity index (χ3n) is 3.33. The van der Waals surface area contributed by atoms with Gasteiger partial charge in [0.15, 0.2) is 5.78 Å². The minimum absolute atomic E-state index is 0.154. The lowest BCUT2D eigenvalue weighted by Crippen LogP contribution is -2.24. The number of ketones is 1. The van der Waals surface area contributed by atoms with Gasteiger partial charge in [-0.25, -0.2) is 0 Å². The van der Waals surface area contributed by atoms with Gasteiger partial charge in [0, 0.05) is 6.42 Å². The molecule has 2 nitrogen and oxygen atoms in total. The Balaban J connectivity index is 2.58. The number of hydrogen-bond donors (Lipinski definition) is 1. The molecule has 0 bridgehead atoms. The summed E-state index contributed by atoms with van der Waals surface area (Å²) in [6.07, 6.45) is 2.41. The minimum Gasteiger partial charge on any atom is -0.330 e. The zero-order chi connectivity index (χ0) is 13.8. The fraction of sp³-hybridized carbons (Fsp3) is 0.643. The standard InChI is InChI=1S/C14H22ClNOS/c1-14(2,3)10(6-8-16)4-5-12(17)13-11(15)7-9-18-13/h7,9-10H,4-6,8,16H2,1-3H3. The SMILES string of the molecule is CC(C)(C)C(CCN)CCC(=O)c1sccc1Cl. The summed E-state index contributed by atoms with van der Waals surface area (Å²) in [6.45, 7) is 7.29. The van der Waals surface area contributed by atoms with Crippen molar-refractivity contribution in [2.75, 3.05) is 6.54 Å². The number of thiophene rings is 1. The summed E-state index contributed by atoms with van der Waals surface area (Å²) >= 11 is 7.39. The van der Waals surface area contributed by atoms with Gasteiger partial charge in [-0.15, -0.1) is 11.3 Å². The molecule has 102 valence electrons. The number of hydrogen-bond acceptors (Lipinski definition) is 3. The molecule has 4 heteroatoms. The topological polar surface area (TPSA) is 43.1 Å². The molecule has 0 spiro atoms. The molecule has 0 aliphatic rings. The Hall–Kier alpha value is -0.380. The Morgan fingerprint density at radius 1 is 1.44 bits per heavy atom.